The van der Waals surface area contributed by atoms with E-state index in [-0.39, 0.29) is 5.91 Å². The monoisotopic (exact) mass is 371 g/mol. The van der Waals surface area contributed by atoms with Crippen LogP contribution in [0.4, 0.5) is 0 Å². The quantitative estimate of drug-likeness (QED) is 0.645. The number of rotatable bonds is 5. The van der Waals surface area contributed by atoms with Crippen LogP contribution in [-0.4, -0.2) is 40.3 Å². The summed E-state index contributed by atoms with van der Waals surface area (Å²) in [6.07, 6.45) is 7.83. The van der Waals surface area contributed by atoms with E-state index < -0.39 is 5.54 Å². The second kappa shape index (κ2) is 7.13. The summed E-state index contributed by atoms with van der Waals surface area (Å²) in [6.45, 7) is 2.21. The van der Waals surface area contributed by atoms with Gasteiger partial charge in [-0.15, -0.1) is 0 Å². The molecule has 1 aromatic carbocycles. The lowest BCUT2D eigenvalue weighted by Crippen LogP contribution is -2.54. The zero-order valence-corrected chi connectivity index (χ0v) is 15.2. The first kappa shape index (κ1) is 17.1. The first-order chi connectivity index (χ1) is 12.7. The molecule has 0 unspecified atom stereocenters. The van der Waals surface area contributed by atoms with Crippen molar-refractivity contribution in [1.82, 2.24) is 25.4 Å². The van der Waals surface area contributed by atoms with E-state index in [9.17, 15) is 4.79 Å². The van der Waals surface area contributed by atoms with Gasteiger partial charge in [0.05, 0.1) is 0 Å². The molecule has 3 aromatic rings. The Morgan fingerprint density at radius 3 is 2.96 bits per heavy atom. The fourth-order valence-corrected chi connectivity index (χ4v) is 3.93. The number of hydrogen-bond acceptors (Lipinski definition) is 3. The van der Waals surface area contributed by atoms with Crippen molar-refractivity contribution in [1.29, 1.82) is 0 Å². The number of hydrogen-bond donors (Lipinski definition) is 3. The molecule has 1 saturated heterocycles. The van der Waals surface area contributed by atoms with Gasteiger partial charge in [0.25, 0.3) is 0 Å². The maximum absolute atomic E-state index is 13.0. The molecule has 2 aromatic heterocycles. The Bertz CT molecular complexity index is 896. The Kier molecular flexibility index (Phi) is 4.70. The fraction of sp³-hybridized carbons (Fsp3) is 0.368. The summed E-state index contributed by atoms with van der Waals surface area (Å²) >= 11 is 6.11. The van der Waals surface area contributed by atoms with Gasteiger partial charge < -0.3 is 15.6 Å². The predicted octanol–water partition coefficient (Wildman–Crippen LogP) is 2.46. The third-order valence-electron chi connectivity index (χ3n) is 5.21. The lowest BCUT2D eigenvalue weighted by atomic mass is 9.87. The third kappa shape index (κ3) is 3.10. The Balaban J connectivity index is 1.46. The van der Waals surface area contributed by atoms with Gasteiger partial charge in [-0.1, -0.05) is 11.6 Å². The van der Waals surface area contributed by atoms with E-state index in [1.54, 1.807) is 6.20 Å². The molecule has 0 spiro atoms. The van der Waals surface area contributed by atoms with E-state index >= 15 is 0 Å². The van der Waals surface area contributed by atoms with Gasteiger partial charge in [-0.3, -0.25) is 9.48 Å². The second-order valence-electron chi connectivity index (χ2n) is 6.74. The Morgan fingerprint density at radius 2 is 2.19 bits per heavy atom. The van der Waals surface area contributed by atoms with Crippen molar-refractivity contribution in [2.45, 2.75) is 24.8 Å². The van der Waals surface area contributed by atoms with Gasteiger partial charge in [0.2, 0.25) is 5.91 Å². The molecule has 6 nitrogen and oxygen atoms in total. The molecule has 1 aliphatic rings. The summed E-state index contributed by atoms with van der Waals surface area (Å²) in [5, 5.41) is 12.6. The van der Waals surface area contributed by atoms with Crippen LogP contribution in [0.3, 0.4) is 0 Å². The maximum Gasteiger partial charge on any atom is 0.248 e. The smallest absolute Gasteiger partial charge is 0.248 e. The van der Waals surface area contributed by atoms with Crippen molar-refractivity contribution in [3.63, 3.8) is 0 Å². The van der Waals surface area contributed by atoms with Crippen LogP contribution in [0.2, 0.25) is 5.02 Å². The minimum absolute atomic E-state index is 0.0422. The second-order valence-corrected chi connectivity index (χ2v) is 7.18. The molecule has 0 radical (unpaired) electrons. The fourth-order valence-electron chi connectivity index (χ4n) is 3.76. The lowest BCUT2D eigenvalue weighted by molar-refractivity contribution is -0.131. The zero-order chi connectivity index (χ0) is 18.0. The molecular formula is C19H22ClN5O. The Morgan fingerprint density at radius 1 is 1.35 bits per heavy atom. The van der Waals surface area contributed by atoms with Gasteiger partial charge in [0.1, 0.15) is 5.54 Å². The predicted molar refractivity (Wildman–Crippen MR) is 102 cm³/mol. The molecule has 3 N–H and O–H groups in total. The number of aromatic nitrogens is 3. The number of benzene rings is 1. The summed E-state index contributed by atoms with van der Waals surface area (Å²) in [5.74, 6) is 0.0422. The molecule has 1 aliphatic heterocycles. The molecule has 1 amide bonds. The van der Waals surface area contributed by atoms with Crippen LogP contribution < -0.4 is 10.6 Å². The molecule has 7 heteroatoms. The Hall–Kier alpha value is -2.31. The molecular weight excluding hydrogens is 350 g/mol. The molecule has 26 heavy (non-hydrogen) atoms. The van der Waals surface area contributed by atoms with Crippen molar-refractivity contribution in [3.05, 3.63) is 53.4 Å². The van der Waals surface area contributed by atoms with Crippen LogP contribution in [0, 0.1) is 0 Å². The maximum atomic E-state index is 13.0. The third-order valence-corrected chi connectivity index (χ3v) is 5.44. The molecule has 1 fully saturated rings. The topological polar surface area (TPSA) is 74.7 Å². The highest BCUT2D eigenvalue weighted by Gasteiger charge is 2.41. The number of halogens is 1. The molecule has 0 saturated carbocycles. The number of carbonyl (C=O) groups excluding carboxylic acids is 1. The number of piperidine rings is 1. The molecule has 136 valence electrons. The van der Waals surface area contributed by atoms with Crippen LogP contribution in [-0.2, 0) is 16.8 Å². The van der Waals surface area contributed by atoms with Crippen LogP contribution >= 0.6 is 11.6 Å². The summed E-state index contributed by atoms with van der Waals surface area (Å²) < 4.78 is 1.81. The number of fused-ring (bicyclic) bond motifs is 1. The highest BCUT2D eigenvalue weighted by atomic mass is 35.5. The van der Waals surface area contributed by atoms with Gasteiger partial charge in [0, 0.05) is 41.1 Å². The molecule has 0 aliphatic carbocycles. The van der Waals surface area contributed by atoms with Gasteiger partial charge >= 0.3 is 0 Å². The average Bonchev–Trinajstić information content (AvgIpc) is 3.33. The van der Waals surface area contributed by atoms with Crippen LogP contribution in [0.5, 0.6) is 0 Å². The van der Waals surface area contributed by atoms with Gasteiger partial charge in [-0.05, 0) is 62.2 Å². The van der Waals surface area contributed by atoms with Crippen molar-refractivity contribution in [2.75, 3.05) is 19.6 Å². The first-order valence-corrected chi connectivity index (χ1v) is 9.31. The number of carbonyl (C=O) groups is 1. The van der Waals surface area contributed by atoms with Crippen LogP contribution in [0.15, 0.2) is 42.9 Å². The molecule has 3 heterocycles. The number of nitrogens with one attached hydrogen (secondary N) is 3. The standard InChI is InChI=1S/C19H22ClN5O/c20-15-2-3-17-16(12-15)14(13-23-17)4-8-22-18(26)19(5-9-21-10-6-19)25-11-1-7-24-25/h1-3,7,11-13,21,23H,4-6,8-10H2,(H,22,26). The first-order valence-electron chi connectivity index (χ1n) is 8.94. The highest BCUT2D eigenvalue weighted by Crippen LogP contribution is 2.27. The summed E-state index contributed by atoms with van der Waals surface area (Å²) in [7, 11) is 0. The largest absolute Gasteiger partial charge is 0.361 e. The van der Waals surface area contributed by atoms with E-state index in [0.29, 0.717) is 6.54 Å². The van der Waals surface area contributed by atoms with E-state index in [2.05, 4.69) is 20.7 Å². The minimum Gasteiger partial charge on any atom is -0.361 e. The molecule has 0 atom stereocenters. The lowest BCUT2D eigenvalue weighted by Gasteiger charge is -2.36. The summed E-state index contributed by atoms with van der Waals surface area (Å²) in [5.41, 5.74) is 1.61. The minimum atomic E-state index is -0.599. The van der Waals surface area contributed by atoms with Crippen molar-refractivity contribution in [3.8, 4) is 0 Å². The van der Waals surface area contributed by atoms with E-state index in [1.807, 2.05) is 41.3 Å². The summed E-state index contributed by atoms with van der Waals surface area (Å²) in [4.78, 5) is 16.3. The van der Waals surface area contributed by atoms with E-state index in [4.69, 9.17) is 11.6 Å². The SMILES string of the molecule is O=C(NCCc1c[nH]c2ccc(Cl)cc12)C1(n2cccn2)CCNCC1. The van der Waals surface area contributed by atoms with E-state index in [1.165, 1.54) is 0 Å². The van der Waals surface area contributed by atoms with Crippen molar-refractivity contribution in [2.24, 2.45) is 0 Å². The van der Waals surface area contributed by atoms with Crippen LogP contribution in [0.1, 0.15) is 18.4 Å². The molecule has 0 bridgehead atoms. The van der Waals surface area contributed by atoms with Crippen molar-refractivity contribution < 1.29 is 4.79 Å². The zero-order valence-electron chi connectivity index (χ0n) is 14.5. The number of aromatic amines is 1. The average molecular weight is 372 g/mol. The highest BCUT2D eigenvalue weighted by molar-refractivity contribution is 6.31. The molecule has 4 rings (SSSR count). The van der Waals surface area contributed by atoms with Gasteiger partial charge in [-0.25, -0.2) is 0 Å². The van der Waals surface area contributed by atoms with Crippen LogP contribution in [0.25, 0.3) is 10.9 Å². The van der Waals surface area contributed by atoms with Gasteiger partial charge in [0.15, 0.2) is 0 Å². The number of amides is 1. The van der Waals surface area contributed by atoms with Crippen molar-refractivity contribution >= 4 is 28.4 Å². The van der Waals surface area contributed by atoms with Gasteiger partial charge in [-0.2, -0.15) is 5.10 Å². The summed E-state index contributed by atoms with van der Waals surface area (Å²) in [6, 6.07) is 7.67. The normalized spacial score (nSPS) is 16.7. The van der Waals surface area contributed by atoms with E-state index in [0.717, 1.165) is 53.8 Å². The number of H-pyrrole nitrogens is 1. The number of nitrogens with zero attached hydrogens (tertiary/aromatic N) is 2. The Labute approximate surface area is 156 Å².